The number of hydrogen-bond acceptors (Lipinski definition) is 3. The van der Waals surface area contributed by atoms with Crippen molar-refractivity contribution < 1.29 is 27.5 Å². The van der Waals surface area contributed by atoms with Crippen molar-refractivity contribution in [1.82, 2.24) is 4.90 Å². The first kappa shape index (κ1) is 16.3. The minimum atomic E-state index is -4.50. The summed E-state index contributed by atoms with van der Waals surface area (Å²) in [4.78, 5) is 24.9. The number of carbonyl (C=O) groups is 2. The van der Waals surface area contributed by atoms with Gasteiger partial charge in [-0.2, -0.15) is 13.2 Å². The quantitative estimate of drug-likeness (QED) is 0.803. The van der Waals surface area contributed by atoms with E-state index >= 15 is 0 Å². The van der Waals surface area contributed by atoms with Crippen molar-refractivity contribution >= 4 is 11.9 Å². The molecule has 22 heavy (non-hydrogen) atoms. The summed E-state index contributed by atoms with van der Waals surface area (Å²) in [6, 6.07) is 4.24. The third kappa shape index (κ3) is 3.40. The van der Waals surface area contributed by atoms with Crippen molar-refractivity contribution in [2.75, 3.05) is 6.61 Å². The number of esters is 1. The van der Waals surface area contributed by atoms with Gasteiger partial charge in [0.25, 0.3) is 0 Å². The number of ether oxygens (including phenoxy) is 1. The van der Waals surface area contributed by atoms with Gasteiger partial charge in [-0.1, -0.05) is 18.2 Å². The van der Waals surface area contributed by atoms with Gasteiger partial charge in [-0.3, -0.25) is 4.79 Å². The summed E-state index contributed by atoms with van der Waals surface area (Å²) in [6.07, 6.45) is -4.09. The second kappa shape index (κ2) is 6.37. The first-order valence-electron chi connectivity index (χ1n) is 6.95. The van der Waals surface area contributed by atoms with Crippen molar-refractivity contribution in [3.8, 4) is 0 Å². The number of nitrogens with zero attached hydrogens (tertiary/aromatic N) is 1. The van der Waals surface area contributed by atoms with Crippen LogP contribution in [0.5, 0.6) is 0 Å². The predicted octanol–water partition coefficient (Wildman–Crippen LogP) is 2.76. The van der Waals surface area contributed by atoms with E-state index in [1.165, 1.54) is 23.1 Å². The second-order valence-corrected chi connectivity index (χ2v) is 4.98. The molecule has 1 heterocycles. The van der Waals surface area contributed by atoms with E-state index in [1.807, 2.05) is 0 Å². The van der Waals surface area contributed by atoms with Gasteiger partial charge in [0.15, 0.2) is 0 Å². The van der Waals surface area contributed by atoms with E-state index in [4.69, 9.17) is 4.74 Å². The number of amides is 1. The van der Waals surface area contributed by atoms with Crippen LogP contribution in [-0.4, -0.2) is 29.4 Å². The zero-order valence-corrected chi connectivity index (χ0v) is 12.0. The molecule has 2 rings (SSSR count). The first-order chi connectivity index (χ1) is 10.3. The summed E-state index contributed by atoms with van der Waals surface area (Å²) in [5, 5.41) is 0. The fraction of sp³-hybridized carbons (Fsp3) is 0.467. The zero-order valence-electron chi connectivity index (χ0n) is 12.0. The van der Waals surface area contributed by atoms with Gasteiger partial charge < -0.3 is 9.64 Å². The average molecular weight is 315 g/mol. The highest BCUT2D eigenvalue weighted by molar-refractivity contribution is 5.88. The maximum atomic E-state index is 13.0. The molecule has 7 heteroatoms. The Morgan fingerprint density at radius 1 is 1.36 bits per heavy atom. The Balaban J connectivity index is 2.25. The number of halogens is 3. The van der Waals surface area contributed by atoms with Gasteiger partial charge >= 0.3 is 12.1 Å². The highest BCUT2D eigenvalue weighted by Crippen LogP contribution is 2.33. The molecule has 0 bridgehead atoms. The van der Waals surface area contributed by atoms with E-state index in [1.54, 1.807) is 6.92 Å². The second-order valence-electron chi connectivity index (χ2n) is 4.98. The van der Waals surface area contributed by atoms with Gasteiger partial charge in [0, 0.05) is 13.0 Å². The molecule has 1 atom stereocenters. The Morgan fingerprint density at radius 2 is 2.05 bits per heavy atom. The summed E-state index contributed by atoms with van der Waals surface area (Å²) >= 11 is 0. The normalized spacial score (nSPS) is 18.6. The molecular formula is C15H16F3NO3. The van der Waals surface area contributed by atoms with Crippen LogP contribution in [0, 0.1) is 0 Å². The fourth-order valence-corrected chi connectivity index (χ4v) is 2.53. The molecule has 1 aromatic rings. The number of benzene rings is 1. The summed E-state index contributed by atoms with van der Waals surface area (Å²) in [5.74, 6) is -0.909. The number of likely N-dealkylation sites (tertiary alicyclic amines) is 1. The molecule has 1 aliphatic heterocycles. The Labute approximate surface area is 125 Å². The zero-order chi connectivity index (χ0) is 16.3. The molecule has 1 amide bonds. The Morgan fingerprint density at radius 3 is 2.68 bits per heavy atom. The molecular weight excluding hydrogens is 299 g/mol. The average Bonchev–Trinajstić information content (AvgIpc) is 2.80. The Bertz CT molecular complexity index is 571. The van der Waals surface area contributed by atoms with E-state index in [9.17, 15) is 22.8 Å². The molecule has 1 aromatic carbocycles. The number of rotatable bonds is 4. The smallest absolute Gasteiger partial charge is 0.416 e. The molecule has 4 nitrogen and oxygen atoms in total. The van der Waals surface area contributed by atoms with Crippen LogP contribution in [0.4, 0.5) is 13.2 Å². The van der Waals surface area contributed by atoms with Gasteiger partial charge in [0.2, 0.25) is 5.91 Å². The van der Waals surface area contributed by atoms with E-state index in [0.29, 0.717) is 0 Å². The largest absolute Gasteiger partial charge is 0.464 e. The van der Waals surface area contributed by atoms with Crippen LogP contribution in [0.2, 0.25) is 0 Å². The van der Waals surface area contributed by atoms with E-state index in [2.05, 4.69) is 0 Å². The fourth-order valence-electron chi connectivity index (χ4n) is 2.53. The predicted molar refractivity (Wildman–Crippen MR) is 71.6 cm³/mol. The molecule has 1 unspecified atom stereocenters. The Kier molecular flexibility index (Phi) is 4.73. The summed E-state index contributed by atoms with van der Waals surface area (Å²) in [7, 11) is 0. The number of hydrogen-bond donors (Lipinski definition) is 0. The first-order valence-corrected chi connectivity index (χ1v) is 6.95. The number of carbonyl (C=O) groups excluding carboxylic acids is 2. The third-order valence-electron chi connectivity index (χ3n) is 3.55. The molecule has 0 saturated carbocycles. The van der Waals surface area contributed by atoms with Crippen LogP contribution in [0.1, 0.15) is 30.9 Å². The minimum Gasteiger partial charge on any atom is -0.464 e. The summed E-state index contributed by atoms with van der Waals surface area (Å²) in [6.45, 7) is 1.55. The number of alkyl halides is 3. The lowest BCUT2D eigenvalue weighted by molar-refractivity contribution is -0.152. The van der Waals surface area contributed by atoms with Crippen LogP contribution in [-0.2, 0) is 27.0 Å². The maximum Gasteiger partial charge on any atom is 0.416 e. The van der Waals surface area contributed by atoms with Crippen LogP contribution in [0.15, 0.2) is 24.3 Å². The monoisotopic (exact) mass is 315 g/mol. The lowest BCUT2D eigenvalue weighted by atomic mass is 10.1. The minimum absolute atomic E-state index is 0.0282. The highest BCUT2D eigenvalue weighted by atomic mass is 19.4. The molecule has 0 radical (unpaired) electrons. The SMILES string of the molecule is CCOC(=O)C1CCC(=O)N1Cc1ccccc1C(F)(F)F. The van der Waals surface area contributed by atoms with Crippen LogP contribution in [0.25, 0.3) is 0 Å². The molecule has 1 aliphatic rings. The van der Waals surface area contributed by atoms with E-state index < -0.39 is 23.8 Å². The van der Waals surface area contributed by atoms with Gasteiger partial charge in [-0.15, -0.1) is 0 Å². The van der Waals surface area contributed by atoms with E-state index in [0.717, 1.165) is 6.07 Å². The van der Waals surface area contributed by atoms with Gasteiger partial charge in [0.1, 0.15) is 6.04 Å². The van der Waals surface area contributed by atoms with Crippen molar-refractivity contribution in [2.45, 2.75) is 38.5 Å². The Hall–Kier alpha value is -2.05. The lowest BCUT2D eigenvalue weighted by Gasteiger charge is -2.24. The van der Waals surface area contributed by atoms with Crippen molar-refractivity contribution in [3.05, 3.63) is 35.4 Å². The molecule has 120 valence electrons. The molecule has 0 aliphatic carbocycles. The van der Waals surface area contributed by atoms with Crippen LogP contribution < -0.4 is 0 Å². The topological polar surface area (TPSA) is 46.6 Å². The highest BCUT2D eigenvalue weighted by Gasteiger charge is 2.39. The molecule has 0 N–H and O–H groups in total. The maximum absolute atomic E-state index is 13.0. The third-order valence-corrected chi connectivity index (χ3v) is 3.55. The molecule has 0 aromatic heterocycles. The van der Waals surface area contributed by atoms with Crippen molar-refractivity contribution in [1.29, 1.82) is 0 Å². The van der Waals surface area contributed by atoms with Gasteiger partial charge in [-0.25, -0.2) is 4.79 Å². The lowest BCUT2D eigenvalue weighted by Crippen LogP contribution is -2.39. The van der Waals surface area contributed by atoms with E-state index in [-0.39, 0.29) is 37.5 Å². The summed E-state index contributed by atoms with van der Waals surface area (Å²) < 4.78 is 43.9. The van der Waals surface area contributed by atoms with Crippen LogP contribution >= 0.6 is 0 Å². The van der Waals surface area contributed by atoms with Gasteiger partial charge in [0.05, 0.1) is 12.2 Å². The standard InChI is InChI=1S/C15H16F3NO3/c1-2-22-14(21)12-7-8-13(20)19(12)9-10-5-3-4-6-11(10)15(16,17)18/h3-6,12H,2,7-9H2,1H3. The summed E-state index contributed by atoms with van der Waals surface area (Å²) in [5.41, 5.74) is -0.822. The van der Waals surface area contributed by atoms with Crippen molar-refractivity contribution in [3.63, 3.8) is 0 Å². The van der Waals surface area contributed by atoms with Crippen LogP contribution in [0.3, 0.4) is 0 Å². The van der Waals surface area contributed by atoms with Crippen molar-refractivity contribution in [2.24, 2.45) is 0 Å². The molecule has 0 spiro atoms. The van der Waals surface area contributed by atoms with Gasteiger partial charge in [-0.05, 0) is 25.0 Å². The molecule has 1 saturated heterocycles. The molecule has 1 fully saturated rings.